The predicted octanol–water partition coefficient (Wildman–Crippen LogP) is 3.17. The van der Waals surface area contributed by atoms with E-state index in [0.717, 1.165) is 48.1 Å². The minimum absolute atomic E-state index is 0.143. The Kier molecular flexibility index (Phi) is 5.89. The third-order valence-electron chi connectivity index (χ3n) is 4.88. The molecule has 0 aliphatic carbocycles. The number of hydrogen-bond donors (Lipinski definition) is 2. The molecule has 0 saturated carbocycles. The van der Waals surface area contributed by atoms with Crippen LogP contribution in [0, 0.1) is 13.8 Å². The largest absolute Gasteiger partial charge is 0.378 e. The van der Waals surface area contributed by atoms with E-state index in [1.165, 1.54) is 23.1 Å². The first-order valence-corrected chi connectivity index (χ1v) is 11.2. The van der Waals surface area contributed by atoms with Gasteiger partial charge in [-0.25, -0.2) is 4.98 Å². The summed E-state index contributed by atoms with van der Waals surface area (Å²) >= 11 is 2.72. The van der Waals surface area contributed by atoms with Crippen LogP contribution in [0.2, 0.25) is 0 Å². The molecule has 0 bridgehead atoms. The first kappa shape index (κ1) is 19.9. The van der Waals surface area contributed by atoms with Crippen molar-refractivity contribution in [1.29, 1.82) is 0 Å². The molecule has 29 heavy (non-hydrogen) atoms. The van der Waals surface area contributed by atoms with Crippen LogP contribution in [0.25, 0.3) is 10.2 Å². The topological polar surface area (TPSA) is 87.3 Å². The summed E-state index contributed by atoms with van der Waals surface area (Å²) in [5.74, 6) is 0.0265. The highest BCUT2D eigenvalue weighted by atomic mass is 32.2. The van der Waals surface area contributed by atoms with Gasteiger partial charge in [0.25, 0.3) is 5.56 Å². The van der Waals surface area contributed by atoms with Crippen LogP contribution in [0.4, 0.5) is 11.4 Å². The van der Waals surface area contributed by atoms with Gasteiger partial charge in [0.15, 0.2) is 5.16 Å². The third kappa shape index (κ3) is 4.47. The van der Waals surface area contributed by atoms with Gasteiger partial charge < -0.3 is 19.9 Å². The quantitative estimate of drug-likeness (QED) is 0.478. The van der Waals surface area contributed by atoms with Crippen molar-refractivity contribution in [3.63, 3.8) is 0 Å². The number of anilines is 2. The summed E-state index contributed by atoms with van der Waals surface area (Å²) < 4.78 is 5.37. The predicted molar refractivity (Wildman–Crippen MR) is 119 cm³/mol. The van der Waals surface area contributed by atoms with Crippen molar-refractivity contribution in [1.82, 2.24) is 9.97 Å². The number of carbonyl (C=O) groups is 1. The Morgan fingerprint density at radius 3 is 2.72 bits per heavy atom. The number of nitrogens with one attached hydrogen (secondary N) is 2. The van der Waals surface area contributed by atoms with E-state index in [4.69, 9.17) is 4.74 Å². The first-order valence-electron chi connectivity index (χ1n) is 9.36. The number of ether oxygens (including phenoxy) is 1. The SMILES string of the molecule is Cc1sc2nc(SCC(=O)Nc3ccc(N4CCOCC4)cc3)[nH]c(=O)c2c1C. The van der Waals surface area contributed by atoms with Gasteiger partial charge in [-0.05, 0) is 43.7 Å². The average Bonchev–Trinajstić information content (AvgIpc) is 3.02. The molecule has 0 atom stereocenters. The minimum atomic E-state index is -0.154. The highest BCUT2D eigenvalue weighted by Crippen LogP contribution is 2.27. The lowest BCUT2D eigenvalue weighted by atomic mass is 10.2. The summed E-state index contributed by atoms with van der Waals surface area (Å²) in [6.07, 6.45) is 0. The van der Waals surface area contributed by atoms with Crippen LogP contribution >= 0.6 is 23.1 Å². The number of carbonyl (C=O) groups excluding carboxylic acids is 1. The Morgan fingerprint density at radius 2 is 2.00 bits per heavy atom. The van der Waals surface area contributed by atoms with E-state index in [-0.39, 0.29) is 17.2 Å². The fourth-order valence-corrected chi connectivity index (χ4v) is 4.96. The number of aryl methyl sites for hydroxylation is 2. The summed E-state index contributed by atoms with van der Waals surface area (Å²) in [5, 5.41) is 3.99. The van der Waals surface area contributed by atoms with Crippen LogP contribution in [0.15, 0.2) is 34.2 Å². The summed E-state index contributed by atoms with van der Waals surface area (Å²) in [4.78, 5) is 35.9. The number of morpholine rings is 1. The maximum atomic E-state index is 12.3. The van der Waals surface area contributed by atoms with E-state index in [2.05, 4.69) is 20.2 Å². The molecule has 152 valence electrons. The molecule has 4 rings (SSSR count). The van der Waals surface area contributed by atoms with Crippen molar-refractivity contribution >= 4 is 50.6 Å². The van der Waals surface area contributed by atoms with Crippen molar-refractivity contribution in [2.45, 2.75) is 19.0 Å². The van der Waals surface area contributed by atoms with Crippen LogP contribution in [-0.4, -0.2) is 47.9 Å². The van der Waals surface area contributed by atoms with Gasteiger partial charge in [-0.2, -0.15) is 0 Å². The maximum Gasteiger partial charge on any atom is 0.260 e. The van der Waals surface area contributed by atoms with Gasteiger partial charge in [0.2, 0.25) is 5.91 Å². The second-order valence-electron chi connectivity index (χ2n) is 6.82. The highest BCUT2D eigenvalue weighted by molar-refractivity contribution is 7.99. The van der Waals surface area contributed by atoms with Gasteiger partial charge in [-0.3, -0.25) is 9.59 Å². The third-order valence-corrected chi connectivity index (χ3v) is 6.86. The van der Waals surface area contributed by atoms with Crippen molar-refractivity contribution in [3.8, 4) is 0 Å². The van der Waals surface area contributed by atoms with E-state index in [1.54, 1.807) is 0 Å². The van der Waals surface area contributed by atoms with Gasteiger partial charge in [-0.15, -0.1) is 11.3 Å². The van der Waals surface area contributed by atoms with Gasteiger partial charge in [0, 0.05) is 29.3 Å². The Balaban J connectivity index is 1.36. The lowest BCUT2D eigenvalue weighted by Gasteiger charge is -2.28. The number of H-pyrrole nitrogens is 1. The Bertz CT molecular complexity index is 1090. The monoisotopic (exact) mass is 430 g/mol. The zero-order valence-electron chi connectivity index (χ0n) is 16.3. The molecule has 3 aromatic rings. The fraction of sp³-hybridized carbons (Fsp3) is 0.350. The van der Waals surface area contributed by atoms with E-state index < -0.39 is 0 Å². The van der Waals surface area contributed by atoms with Gasteiger partial charge >= 0.3 is 0 Å². The van der Waals surface area contributed by atoms with Crippen LogP contribution in [0.3, 0.4) is 0 Å². The van der Waals surface area contributed by atoms with E-state index >= 15 is 0 Å². The van der Waals surface area contributed by atoms with Crippen molar-refractivity contribution in [3.05, 3.63) is 45.1 Å². The molecular formula is C20H22N4O3S2. The molecule has 1 amide bonds. The first-order chi connectivity index (χ1) is 14.0. The summed E-state index contributed by atoms with van der Waals surface area (Å²) in [5.41, 5.74) is 2.68. The Morgan fingerprint density at radius 1 is 1.28 bits per heavy atom. The van der Waals surface area contributed by atoms with Crippen LogP contribution in [-0.2, 0) is 9.53 Å². The number of fused-ring (bicyclic) bond motifs is 1. The molecule has 0 unspecified atom stereocenters. The van der Waals surface area contributed by atoms with Crippen LogP contribution in [0.1, 0.15) is 10.4 Å². The zero-order valence-corrected chi connectivity index (χ0v) is 17.9. The molecule has 1 saturated heterocycles. The maximum absolute atomic E-state index is 12.3. The van der Waals surface area contributed by atoms with Crippen LogP contribution < -0.4 is 15.8 Å². The number of hydrogen-bond acceptors (Lipinski definition) is 7. The van der Waals surface area contributed by atoms with Gasteiger partial charge in [0.05, 0.1) is 24.4 Å². The second kappa shape index (κ2) is 8.56. The number of aromatic nitrogens is 2. The standard InChI is InChI=1S/C20H22N4O3S2/c1-12-13(2)29-19-17(12)18(26)22-20(23-19)28-11-16(25)21-14-3-5-15(6-4-14)24-7-9-27-10-8-24/h3-6H,7-11H2,1-2H3,(H,21,25)(H,22,23,26). The molecular weight excluding hydrogens is 408 g/mol. The number of thioether (sulfide) groups is 1. The second-order valence-corrected chi connectivity index (χ2v) is 8.98. The van der Waals surface area contributed by atoms with Gasteiger partial charge in [0.1, 0.15) is 4.83 Å². The molecule has 2 N–H and O–H groups in total. The summed E-state index contributed by atoms with van der Waals surface area (Å²) in [6.45, 7) is 7.13. The number of nitrogens with zero attached hydrogens (tertiary/aromatic N) is 2. The lowest BCUT2D eigenvalue weighted by Crippen LogP contribution is -2.36. The molecule has 1 aliphatic rings. The number of thiophene rings is 1. The summed E-state index contributed by atoms with van der Waals surface area (Å²) in [7, 11) is 0. The molecule has 3 heterocycles. The van der Waals surface area contributed by atoms with Crippen molar-refractivity contribution in [2.75, 3.05) is 42.3 Å². The van der Waals surface area contributed by atoms with E-state index in [9.17, 15) is 9.59 Å². The number of benzene rings is 1. The normalized spacial score (nSPS) is 14.3. The van der Waals surface area contributed by atoms with Crippen LogP contribution in [0.5, 0.6) is 0 Å². The molecule has 9 heteroatoms. The Hall–Kier alpha value is -2.36. The number of rotatable bonds is 5. The summed E-state index contributed by atoms with van der Waals surface area (Å²) in [6, 6.07) is 7.80. The molecule has 2 aromatic heterocycles. The minimum Gasteiger partial charge on any atom is -0.378 e. The molecule has 7 nitrogen and oxygen atoms in total. The lowest BCUT2D eigenvalue weighted by molar-refractivity contribution is -0.113. The number of amides is 1. The molecule has 1 aromatic carbocycles. The van der Waals surface area contributed by atoms with Crippen molar-refractivity contribution < 1.29 is 9.53 Å². The fourth-order valence-electron chi connectivity index (χ4n) is 3.21. The molecule has 0 spiro atoms. The Labute approximate surface area is 176 Å². The average molecular weight is 431 g/mol. The molecule has 0 radical (unpaired) electrons. The van der Waals surface area contributed by atoms with Gasteiger partial charge in [-0.1, -0.05) is 11.8 Å². The van der Waals surface area contributed by atoms with E-state index in [1.807, 2.05) is 38.1 Å². The zero-order chi connectivity index (χ0) is 20.4. The molecule has 1 aliphatic heterocycles. The number of aromatic amines is 1. The van der Waals surface area contributed by atoms with E-state index in [0.29, 0.717) is 15.4 Å². The smallest absolute Gasteiger partial charge is 0.260 e. The molecule has 1 fully saturated rings. The van der Waals surface area contributed by atoms with Crippen molar-refractivity contribution in [2.24, 2.45) is 0 Å². The highest BCUT2D eigenvalue weighted by Gasteiger charge is 2.14.